The SMILES string of the molecule is C=CCO[C@@]12Oc3ccc(OC(=O)Nc4ccc(OC)cc4OC)cc3[C@H]3[C@H](CCCCO)[C@@H](CCCCO)C=C(C(=NOCc4ccccc4)C[C@@H]1N(Cc1ccc4c(c1)OCO4)C(=O)C=Cc1ccc([N+](=O)[O-])cc1)[C@H]32. The Balaban J connectivity index is 1.22. The van der Waals surface area contributed by atoms with Crippen molar-refractivity contribution in [1.29, 1.82) is 0 Å². The summed E-state index contributed by atoms with van der Waals surface area (Å²) in [5.74, 6) is -0.803. The van der Waals surface area contributed by atoms with Gasteiger partial charge < -0.3 is 53.1 Å². The van der Waals surface area contributed by atoms with Crippen LogP contribution in [0.2, 0.25) is 0 Å². The number of ether oxygens (including phenoxy) is 7. The molecule has 18 heteroatoms. The number of oxime groups is 1. The van der Waals surface area contributed by atoms with Crippen LogP contribution in [0.15, 0.2) is 145 Å². The number of nitro benzene ring substituents is 1. The zero-order chi connectivity index (χ0) is 54.6. The van der Waals surface area contributed by atoms with Crippen LogP contribution in [0, 0.1) is 27.9 Å². The zero-order valence-electron chi connectivity index (χ0n) is 43.6. The van der Waals surface area contributed by atoms with Gasteiger partial charge in [0.1, 0.15) is 35.6 Å². The number of aliphatic hydroxyl groups is 2. The van der Waals surface area contributed by atoms with Gasteiger partial charge in [-0.3, -0.25) is 20.2 Å². The van der Waals surface area contributed by atoms with Crippen LogP contribution in [0.3, 0.4) is 0 Å². The van der Waals surface area contributed by atoms with E-state index in [1.807, 2.05) is 48.5 Å². The minimum absolute atomic E-state index is 0.00278. The number of nitro groups is 1. The Morgan fingerprint density at radius 3 is 2.37 bits per heavy atom. The Morgan fingerprint density at radius 1 is 0.872 bits per heavy atom. The number of rotatable bonds is 24. The summed E-state index contributed by atoms with van der Waals surface area (Å²) in [5, 5.41) is 39.5. The molecule has 5 aromatic carbocycles. The van der Waals surface area contributed by atoms with Crippen LogP contribution in [0.4, 0.5) is 16.2 Å². The van der Waals surface area contributed by atoms with Crippen LogP contribution >= 0.6 is 0 Å². The van der Waals surface area contributed by atoms with E-state index in [1.165, 1.54) is 32.4 Å². The molecule has 6 atom stereocenters. The molecule has 18 nitrogen and oxygen atoms in total. The monoisotopic (exact) mass is 1060 g/mol. The quantitative estimate of drug-likeness (QED) is 0.0172. The average Bonchev–Trinajstić information content (AvgIpc) is 4.04. The fourth-order valence-electron chi connectivity index (χ4n) is 11.2. The molecule has 0 spiro atoms. The van der Waals surface area contributed by atoms with Gasteiger partial charge in [0, 0.05) is 61.9 Å². The van der Waals surface area contributed by atoms with Crippen LogP contribution in [0.25, 0.3) is 6.08 Å². The Morgan fingerprint density at radius 2 is 1.63 bits per heavy atom. The van der Waals surface area contributed by atoms with Gasteiger partial charge in [-0.15, -0.1) is 6.58 Å². The van der Waals surface area contributed by atoms with E-state index >= 15 is 4.79 Å². The first-order valence-corrected chi connectivity index (χ1v) is 26.1. The molecular weight excluding hydrogens is 1000 g/mol. The minimum atomic E-state index is -1.65. The maximum atomic E-state index is 15.5. The van der Waals surface area contributed by atoms with Crippen molar-refractivity contribution >= 4 is 35.2 Å². The molecule has 2 amide bonds. The van der Waals surface area contributed by atoms with E-state index in [4.69, 9.17) is 43.2 Å². The molecule has 5 aromatic rings. The van der Waals surface area contributed by atoms with Crippen LogP contribution in [-0.4, -0.2) is 90.4 Å². The summed E-state index contributed by atoms with van der Waals surface area (Å²) in [6, 6.07) is 30.4. The van der Waals surface area contributed by atoms with Gasteiger partial charge in [0.25, 0.3) is 5.69 Å². The molecule has 1 fully saturated rings. The number of allylic oxidation sites excluding steroid dienone is 1. The number of methoxy groups -OCH3 is 2. The number of carbonyl (C=O) groups excluding carboxylic acids is 2. The van der Waals surface area contributed by atoms with Gasteiger partial charge in [-0.2, -0.15) is 0 Å². The van der Waals surface area contributed by atoms with Gasteiger partial charge in [-0.05, 0) is 120 Å². The van der Waals surface area contributed by atoms with E-state index in [0.29, 0.717) is 83.4 Å². The first-order valence-electron chi connectivity index (χ1n) is 26.1. The Bertz CT molecular complexity index is 3040. The minimum Gasteiger partial charge on any atom is -0.497 e. The van der Waals surface area contributed by atoms with Gasteiger partial charge in [-0.1, -0.05) is 66.5 Å². The van der Waals surface area contributed by atoms with Gasteiger partial charge in [0.15, 0.2) is 11.5 Å². The first-order chi connectivity index (χ1) is 38.1. The lowest BCUT2D eigenvalue weighted by Crippen LogP contribution is -2.70. The van der Waals surface area contributed by atoms with Crippen LogP contribution in [0.1, 0.15) is 73.1 Å². The zero-order valence-corrected chi connectivity index (χ0v) is 43.6. The molecule has 408 valence electrons. The topological polar surface area (TPSA) is 219 Å². The lowest BCUT2D eigenvalue weighted by atomic mass is 9.55. The highest BCUT2D eigenvalue weighted by Crippen LogP contribution is 2.62. The third-order valence-electron chi connectivity index (χ3n) is 14.7. The molecule has 2 aliphatic heterocycles. The highest BCUT2D eigenvalue weighted by Gasteiger charge is 2.65. The molecule has 2 aliphatic carbocycles. The summed E-state index contributed by atoms with van der Waals surface area (Å²) in [4.78, 5) is 48.3. The van der Waals surface area contributed by atoms with Crippen molar-refractivity contribution in [3.63, 3.8) is 0 Å². The molecular formula is C60H64N4O14. The van der Waals surface area contributed by atoms with Crippen molar-refractivity contribution in [2.75, 3.05) is 46.1 Å². The number of non-ortho nitro benzene ring substituents is 1. The third kappa shape index (κ3) is 12.2. The normalized spacial score (nSPS) is 21.1. The highest BCUT2D eigenvalue weighted by molar-refractivity contribution is 6.03. The molecule has 9 rings (SSSR count). The number of anilines is 1. The van der Waals surface area contributed by atoms with Crippen molar-refractivity contribution in [2.24, 2.45) is 22.9 Å². The van der Waals surface area contributed by atoms with E-state index in [0.717, 1.165) is 23.1 Å². The fourth-order valence-corrected chi connectivity index (χ4v) is 11.2. The van der Waals surface area contributed by atoms with Crippen molar-refractivity contribution in [3.8, 4) is 34.5 Å². The predicted octanol–water partition coefficient (Wildman–Crippen LogP) is 10.5. The number of benzene rings is 5. The van der Waals surface area contributed by atoms with Gasteiger partial charge in [0.05, 0.1) is 43.1 Å². The molecule has 2 heterocycles. The summed E-state index contributed by atoms with van der Waals surface area (Å²) in [7, 11) is 3.02. The van der Waals surface area contributed by atoms with Crippen LogP contribution in [-0.2, 0) is 27.5 Å². The Labute approximate surface area is 452 Å². The van der Waals surface area contributed by atoms with Crippen molar-refractivity contribution in [3.05, 3.63) is 172 Å². The second-order valence-electron chi connectivity index (χ2n) is 19.4. The van der Waals surface area contributed by atoms with Crippen molar-refractivity contribution in [1.82, 2.24) is 4.90 Å². The number of hydrogen-bond donors (Lipinski definition) is 3. The highest BCUT2D eigenvalue weighted by atomic mass is 16.7. The second kappa shape index (κ2) is 25.3. The number of fused-ring (bicyclic) bond motifs is 3. The van der Waals surface area contributed by atoms with E-state index < -0.39 is 40.6 Å². The molecule has 0 aromatic heterocycles. The largest absolute Gasteiger partial charge is 0.497 e. The first kappa shape index (κ1) is 54.6. The number of hydrogen-bond acceptors (Lipinski definition) is 15. The predicted molar refractivity (Wildman–Crippen MR) is 291 cm³/mol. The Kier molecular flexibility index (Phi) is 17.7. The number of nitrogens with one attached hydrogen (secondary N) is 1. The molecule has 0 saturated heterocycles. The second-order valence-corrected chi connectivity index (χ2v) is 19.4. The van der Waals surface area contributed by atoms with Crippen molar-refractivity contribution < 1.29 is 62.7 Å². The van der Waals surface area contributed by atoms with E-state index in [1.54, 1.807) is 65.6 Å². The van der Waals surface area contributed by atoms with E-state index in [9.17, 15) is 25.1 Å². The molecule has 1 saturated carbocycles. The number of unbranched alkanes of at least 4 members (excludes halogenated alkanes) is 2. The molecule has 4 aliphatic rings. The van der Waals surface area contributed by atoms with Crippen LogP contribution < -0.4 is 33.7 Å². The molecule has 0 bridgehead atoms. The number of nitrogens with zero attached hydrogens (tertiary/aromatic N) is 3. The van der Waals surface area contributed by atoms with E-state index in [2.05, 4.69) is 18.0 Å². The lowest BCUT2D eigenvalue weighted by molar-refractivity contribution is -0.384. The standard InChI is InChI=1S/C60H64N4O14/c1-4-30-75-60-55(63(36-41-18-25-52-54(31-41)74-38-73-52)56(67)27-19-39-16-20-43(21-17-39)64(69)70)35-50(62-76-37-40-12-6-5-7-13-40)47-32-42(14-8-10-28-65)46(15-9-11-29-66)57(58(47)60)48-33-45(23-26-51(48)78-60)77-59(68)61-49-24-22-44(71-2)34-53(49)72-3/h4-7,12-13,16-27,31-34,42,46,55,57-58,65-66H,1,8-11,14-15,28-30,35-38H2,2-3H3,(H,61,68)/t42-,46+,55-,57+,58+,60+/m0/s1. The van der Waals surface area contributed by atoms with Gasteiger partial charge in [-0.25, -0.2) is 4.79 Å². The number of amides is 2. The summed E-state index contributed by atoms with van der Waals surface area (Å²) < 4.78 is 43.1. The van der Waals surface area contributed by atoms with Gasteiger partial charge in [0.2, 0.25) is 18.5 Å². The maximum absolute atomic E-state index is 15.5. The van der Waals surface area contributed by atoms with Crippen molar-refractivity contribution in [2.45, 2.75) is 75.8 Å². The average molecular weight is 1070 g/mol. The third-order valence-corrected chi connectivity index (χ3v) is 14.7. The molecule has 0 radical (unpaired) electrons. The lowest BCUT2D eigenvalue weighted by Gasteiger charge is -2.60. The Hall–Kier alpha value is -8.19. The van der Waals surface area contributed by atoms with Gasteiger partial charge >= 0.3 is 6.09 Å². The summed E-state index contributed by atoms with van der Waals surface area (Å²) in [6.07, 6.45) is 10.2. The smallest absolute Gasteiger partial charge is 0.417 e. The summed E-state index contributed by atoms with van der Waals surface area (Å²) in [5.41, 5.74) is 4.55. The molecule has 0 unspecified atom stereocenters. The maximum Gasteiger partial charge on any atom is 0.417 e. The molecule has 3 N–H and O–H groups in total. The van der Waals surface area contributed by atoms with E-state index in [-0.39, 0.29) is 69.5 Å². The molecule has 78 heavy (non-hydrogen) atoms. The number of aliphatic hydroxyl groups excluding tert-OH is 2. The summed E-state index contributed by atoms with van der Waals surface area (Å²) >= 11 is 0. The summed E-state index contributed by atoms with van der Waals surface area (Å²) in [6.45, 7) is 4.32. The van der Waals surface area contributed by atoms with Crippen LogP contribution in [0.5, 0.6) is 34.5 Å². The number of carbonyl (C=O) groups is 2. The fraction of sp³-hybridized carbons (Fsp3) is 0.350.